The first-order valence-electron chi connectivity index (χ1n) is 6.95. The Kier molecular flexibility index (Phi) is 4.08. The first-order valence-corrected chi connectivity index (χ1v) is 8.56. The van der Waals surface area contributed by atoms with Gasteiger partial charge in [0.1, 0.15) is 12.0 Å². The molecule has 2 aromatic heterocycles. The Hall–Kier alpha value is -2.00. The zero-order valence-corrected chi connectivity index (χ0v) is 13.0. The molecule has 22 heavy (non-hydrogen) atoms. The van der Waals surface area contributed by atoms with E-state index < -0.39 is 10.0 Å². The van der Waals surface area contributed by atoms with Crippen molar-refractivity contribution in [3.05, 3.63) is 36.0 Å². The van der Waals surface area contributed by atoms with Gasteiger partial charge in [-0.3, -0.25) is 0 Å². The first-order chi connectivity index (χ1) is 10.5. The van der Waals surface area contributed by atoms with E-state index in [9.17, 15) is 8.42 Å². The van der Waals surface area contributed by atoms with Gasteiger partial charge in [0.25, 0.3) is 0 Å². The molecule has 1 aliphatic heterocycles. The average Bonchev–Trinajstić information content (AvgIpc) is 3.00. The van der Waals surface area contributed by atoms with Gasteiger partial charge in [-0.15, -0.1) is 0 Å². The SMILES string of the molecule is Cc1cnc(N2CCN(S(=O)(=O)Cc3ccon3)CC2)nc1. The summed E-state index contributed by atoms with van der Waals surface area (Å²) >= 11 is 0. The van der Waals surface area contributed by atoms with Gasteiger partial charge in [0.15, 0.2) is 0 Å². The monoisotopic (exact) mass is 323 g/mol. The van der Waals surface area contributed by atoms with Crippen molar-refractivity contribution in [3.63, 3.8) is 0 Å². The summed E-state index contributed by atoms with van der Waals surface area (Å²) in [7, 11) is -3.38. The maximum absolute atomic E-state index is 12.3. The molecule has 0 spiro atoms. The molecule has 0 radical (unpaired) electrons. The van der Waals surface area contributed by atoms with Crippen molar-refractivity contribution >= 4 is 16.0 Å². The molecule has 0 N–H and O–H groups in total. The lowest BCUT2D eigenvalue weighted by Gasteiger charge is -2.33. The van der Waals surface area contributed by atoms with Crippen LogP contribution < -0.4 is 4.90 Å². The number of nitrogens with zero attached hydrogens (tertiary/aromatic N) is 5. The summed E-state index contributed by atoms with van der Waals surface area (Å²) in [6.07, 6.45) is 4.89. The molecular formula is C13H17N5O3S. The second-order valence-electron chi connectivity index (χ2n) is 5.19. The molecule has 1 aliphatic rings. The van der Waals surface area contributed by atoms with Crippen molar-refractivity contribution < 1.29 is 12.9 Å². The Morgan fingerprint density at radius 2 is 1.86 bits per heavy atom. The Morgan fingerprint density at radius 1 is 1.18 bits per heavy atom. The highest BCUT2D eigenvalue weighted by Crippen LogP contribution is 2.15. The minimum atomic E-state index is -3.38. The Morgan fingerprint density at radius 3 is 2.45 bits per heavy atom. The van der Waals surface area contributed by atoms with Crippen LogP contribution >= 0.6 is 0 Å². The molecule has 1 fully saturated rings. The molecule has 0 unspecified atom stereocenters. The summed E-state index contributed by atoms with van der Waals surface area (Å²) in [5, 5.41) is 3.66. The lowest BCUT2D eigenvalue weighted by atomic mass is 10.4. The minimum Gasteiger partial charge on any atom is -0.364 e. The average molecular weight is 323 g/mol. The Labute approximate surface area is 128 Å². The maximum Gasteiger partial charge on any atom is 0.225 e. The zero-order valence-electron chi connectivity index (χ0n) is 12.2. The van der Waals surface area contributed by atoms with Gasteiger partial charge in [-0.25, -0.2) is 18.4 Å². The predicted octanol–water partition coefficient (Wildman–Crippen LogP) is 0.425. The van der Waals surface area contributed by atoms with Gasteiger partial charge in [-0.05, 0) is 12.5 Å². The molecule has 0 amide bonds. The Bertz CT molecular complexity index is 707. The van der Waals surface area contributed by atoms with E-state index in [0.29, 0.717) is 37.8 Å². The minimum absolute atomic E-state index is 0.134. The van der Waals surface area contributed by atoms with E-state index in [1.807, 2.05) is 11.8 Å². The fraction of sp³-hybridized carbons (Fsp3) is 0.462. The summed E-state index contributed by atoms with van der Waals surface area (Å²) in [4.78, 5) is 10.5. The van der Waals surface area contributed by atoms with E-state index in [1.165, 1.54) is 10.6 Å². The van der Waals surface area contributed by atoms with E-state index >= 15 is 0 Å². The topological polar surface area (TPSA) is 92.4 Å². The van der Waals surface area contributed by atoms with Crippen molar-refractivity contribution in [1.29, 1.82) is 0 Å². The molecule has 0 saturated carbocycles. The van der Waals surface area contributed by atoms with E-state index in [-0.39, 0.29) is 5.75 Å². The molecule has 2 aromatic rings. The molecular weight excluding hydrogens is 306 g/mol. The predicted molar refractivity (Wildman–Crippen MR) is 79.7 cm³/mol. The van der Waals surface area contributed by atoms with Gasteiger partial charge >= 0.3 is 0 Å². The van der Waals surface area contributed by atoms with Crippen LogP contribution in [0.15, 0.2) is 29.2 Å². The van der Waals surface area contributed by atoms with Crippen molar-refractivity contribution in [2.45, 2.75) is 12.7 Å². The summed E-state index contributed by atoms with van der Waals surface area (Å²) in [5.41, 5.74) is 1.42. The van der Waals surface area contributed by atoms with Crippen LogP contribution in [0.25, 0.3) is 0 Å². The van der Waals surface area contributed by atoms with Gasteiger partial charge in [0, 0.05) is 44.6 Å². The van der Waals surface area contributed by atoms with Crippen LogP contribution in [-0.4, -0.2) is 54.0 Å². The summed E-state index contributed by atoms with van der Waals surface area (Å²) < 4.78 is 30.8. The third-order valence-electron chi connectivity index (χ3n) is 3.50. The fourth-order valence-corrected chi connectivity index (χ4v) is 3.73. The quantitative estimate of drug-likeness (QED) is 0.805. The lowest BCUT2D eigenvalue weighted by Crippen LogP contribution is -2.49. The summed E-state index contributed by atoms with van der Waals surface area (Å²) in [5.74, 6) is 0.504. The van der Waals surface area contributed by atoms with E-state index in [1.54, 1.807) is 18.5 Å². The number of hydrogen-bond donors (Lipinski definition) is 0. The number of piperazine rings is 1. The third-order valence-corrected chi connectivity index (χ3v) is 5.32. The van der Waals surface area contributed by atoms with Crippen LogP contribution in [0.3, 0.4) is 0 Å². The van der Waals surface area contributed by atoms with Crippen molar-refractivity contribution in [2.75, 3.05) is 31.1 Å². The highest BCUT2D eigenvalue weighted by molar-refractivity contribution is 7.88. The second-order valence-corrected chi connectivity index (χ2v) is 7.16. The second kappa shape index (κ2) is 6.01. The molecule has 1 saturated heterocycles. The number of anilines is 1. The molecule has 0 bridgehead atoms. The Balaban J connectivity index is 1.62. The van der Waals surface area contributed by atoms with Crippen molar-refractivity contribution in [3.8, 4) is 0 Å². The van der Waals surface area contributed by atoms with Crippen molar-refractivity contribution in [1.82, 2.24) is 19.4 Å². The highest BCUT2D eigenvalue weighted by Gasteiger charge is 2.28. The van der Waals surface area contributed by atoms with Crippen molar-refractivity contribution in [2.24, 2.45) is 0 Å². The third kappa shape index (κ3) is 3.25. The highest BCUT2D eigenvalue weighted by atomic mass is 32.2. The number of aromatic nitrogens is 3. The van der Waals surface area contributed by atoms with Crippen LogP contribution in [0.2, 0.25) is 0 Å². The molecule has 0 atom stereocenters. The number of aryl methyl sites for hydroxylation is 1. The van der Waals surface area contributed by atoms with Crippen LogP contribution in [-0.2, 0) is 15.8 Å². The molecule has 9 heteroatoms. The van der Waals surface area contributed by atoms with E-state index in [0.717, 1.165) is 5.56 Å². The standard InChI is InChI=1S/C13H17N5O3S/c1-11-8-14-13(15-9-11)17-3-5-18(6-4-17)22(19,20)10-12-2-7-21-16-12/h2,7-9H,3-6,10H2,1H3. The lowest BCUT2D eigenvalue weighted by molar-refractivity contribution is 0.379. The number of rotatable bonds is 4. The summed E-state index contributed by atoms with van der Waals surface area (Å²) in [6.45, 7) is 3.90. The molecule has 0 aromatic carbocycles. The van der Waals surface area contributed by atoms with E-state index in [4.69, 9.17) is 0 Å². The zero-order chi connectivity index (χ0) is 15.6. The van der Waals surface area contributed by atoms with Gasteiger partial charge < -0.3 is 9.42 Å². The van der Waals surface area contributed by atoms with Gasteiger partial charge in [0.05, 0.1) is 5.69 Å². The largest absolute Gasteiger partial charge is 0.364 e. The van der Waals surface area contributed by atoms with E-state index in [2.05, 4.69) is 19.6 Å². The van der Waals surface area contributed by atoms with Crippen LogP contribution in [0.5, 0.6) is 0 Å². The first kappa shape index (κ1) is 14.9. The fourth-order valence-electron chi connectivity index (χ4n) is 2.31. The van der Waals surface area contributed by atoms with Gasteiger partial charge in [-0.2, -0.15) is 4.31 Å². The normalized spacial score (nSPS) is 16.9. The number of hydrogen-bond acceptors (Lipinski definition) is 7. The maximum atomic E-state index is 12.3. The van der Waals surface area contributed by atoms with Crippen LogP contribution in [0.4, 0.5) is 5.95 Å². The molecule has 8 nitrogen and oxygen atoms in total. The molecule has 3 heterocycles. The molecule has 0 aliphatic carbocycles. The summed E-state index contributed by atoms with van der Waals surface area (Å²) in [6, 6.07) is 1.56. The number of sulfonamides is 1. The van der Waals surface area contributed by atoms with Crippen LogP contribution in [0.1, 0.15) is 11.3 Å². The van der Waals surface area contributed by atoms with Gasteiger partial charge in [0.2, 0.25) is 16.0 Å². The van der Waals surface area contributed by atoms with Crippen LogP contribution in [0, 0.1) is 6.92 Å². The smallest absolute Gasteiger partial charge is 0.225 e. The molecule has 118 valence electrons. The van der Waals surface area contributed by atoms with Gasteiger partial charge in [-0.1, -0.05) is 5.16 Å². The molecule has 3 rings (SSSR count).